The number of halogens is 2. The number of rotatable bonds is 3. The van der Waals surface area contributed by atoms with Crippen molar-refractivity contribution >= 4 is 33.3 Å². The number of hydrogen-bond donors (Lipinski definition) is 0. The number of hydrogen-bond acceptors (Lipinski definition) is 4. The molecule has 2 heterocycles. The minimum atomic E-state index is 0.322. The van der Waals surface area contributed by atoms with Crippen LogP contribution in [0.5, 0.6) is 5.88 Å². The zero-order valence-corrected chi connectivity index (χ0v) is 12.0. The Morgan fingerprint density at radius 2 is 2.16 bits per heavy atom. The minimum absolute atomic E-state index is 0.322. The van der Waals surface area contributed by atoms with Crippen molar-refractivity contribution in [2.45, 2.75) is 6.61 Å². The van der Waals surface area contributed by atoms with E-state index >= 15 is 0 Å². The second-order valence-corrected chi connectivity index (χ2v) is 5.01. The van der Waals surface area contributed by atoms with Crippen LogP contribution in [0, 0.1) is 0 Å². The average molecular weight is 340 g/mol. The molecule has 19 heavy (non-hydrogen) atoms. The molecule has 0 saturated heterocycles. The van der Waals surface area contributed by atoms with Gasteiger partial charge in [-0.25, -0.2) is 0 Å². The van der Waals surface area contributed by atoms with Crippen LogP contribution in [-0.2, 0) is 6.61 Å². The lowest BCUT2D eigenvalue weighted by molar-refractivity contribution is 0.285. The van der Waals surface area contributed by atoms with Crippen LogP contribution in [0.1, 0.15) is 5.56 Å². The first-order valence-electron chi connectivity index (χ1n) is 5.46. The van der Waals surface area contributed by atoms with Crippen LogP contribution >= 0.6 is 27.5 Å². The molecular formula is C12H8BrClN4O. The summed E-state index contributed by atoms with van der Waals surface area (Å²) in [7, 11) is 0. The predicted octanol–water partition coefficient (Wildman–Crippen LogP) is 3.12. The van der Waals surface area contributed by atoms with Crippen molar-refractivity contribution in [3.63, 3.8) is 0 Å². The zero-order valence-electron chi connectivity index (χ0n) is 9.62. The van der Waals surface area contributed by atoms with E-state index in [0.717, 1.165) is 10.0 Å². The summed E-state index contributed by atoms with van der Waals surface area (Å²) < 4.78 is 8.22. The summed E-state index contributed by atoms with van der Waals surface area (Å²) >= 11 is 9.39. The van der Waals surface area contributed by atoms with Crippen molar-refractivity contribution < 1.29 is 4.74 Å². The molecule has 96 valence electrons. The molecule has 0 spiro atoms. The van der Waals surface area contributed by atoms with Crippen LogP contribution < -0.4 is 4.74 Å². The summed E-state index contributed by atoms with van der Waals surface area (Å²) in [4.78, 5) is 8.01. The molecule has 0 saturated carbocycles. The van der Waals surface area contributed by atoms with E-state index in [0.29, 0.717) is 23.4 Å². The fraction of sp³-hybridized carbons (Fsp3) is 0.0833. The Kier molecular flexibility index (Phi) is 3.35. The SMILES string of the molecule is Clc1cc(OCc2ccccc2Br)n2ncnc2n1. The predicted molar refractivity (Wildman–Crippen MR) is 74.3 cm³/mol. The van der Waals surface area contributed by atoms with E-state index in [1.165, 1.54) is 10.8 Å². The van der Waals surface area contributed by atoms with E-state index in [9.17, 15) is 0 Å². The van der Waals surface area contributed by atoms with E-state index in [4.69, 9.17) is 16.3 Å². The van der Waals surface area contributed by atoms with Crippen molar-refractivity contribution in [2.24, 2.45) is 0 Å². The van der Waals surface area contributed by atoms with Crippen molar-refractivity contribution in [2.75, 3.05) is 0 Å². The third-order valence-electron chi connectivity index (χ3n) is 2.52. The lowest BCUT2D eigenvalue weighted by atomic mass is 10.2. The summed E-state index contributed by atoms with van der Waals surface area (Å²) in [5, 5.41) is 4.36. The second-order valence-electron chi connectivity index (χ2n) is 3.77. The molecule has 0 unspecified atom stereocenters. The van der Waals surface area contributed by atoms with Crippen molar-refractivity contribution in [1.29, 1.82) is 0 Å². The second kappa shape index (κ2) is 5.14. The maximum Gasteiger partial charge on any atom is 0.256 e. The van der Waals surface area contributed by atoms with Gasteiger partial charge in [0.05, 0.1) is 0 Å². The molecule has 2 aromatic heterocycles. The average Bonchev–Trinajstić information content (AvgIpc) is 2.85. The molecule has 3 aromatic rings. The zero-order chi connectivity index (χ0) is 13.2. The molecule has 0 aliphatic heterocycles. The molecule has 3 rings (SSSR count). The Morgan fingerprint density at radius 3 is 3.00 bits per heavy atom. The van der Waals surface area contributed by atoms with Crippen LogP contribution in [0.4, 0.5) is 0 Å². The van der Waals surface area contributed by atoms with Gasteiger partial charge < -0.3 is 4.74 Å². The van der Waals surface area contributed by atoms with E-state index in [-0.39, 0.29) is 0 Å². The van der Waals surface area contributed by atoms with Crippen molar-refractivity contribution in [3.05, 3.63) is 51.8 Å². The Balaban J connectivity index is 1.90. The van der Waals surface area contributed by atoms with Gasteiger partial charge in [-0.05, 0) is 6.07 Å². The fourth-order valence-electron chi connectivity index (χ4n) is 1.63. The van der Waals surface area contributed by atoms with Crippen LogP contribution in [0.15, 0.2) is 41.1 Å². The van der Waals surface area contributed by atoms with E-state index < -0.39 is 0 Å². The first-order chi connectivity index (χ1) is 9.24. The summed E-state index contributed by atoms with van der Waals surface area (Å²) in [6.45, 7) is 0.400. The van der Waals surface area contributed by atoms with Gasteiger partial charge in [0.2, 0.25) is 5.88 Å². The fourth-order valence-corrected chi connectivity index (χ4v) is 2.20. The number of nitrogens with zero attached hydrogens (tertiary/aromatic N) is 4. The Morgan fingerprint density at radius 1 is 1.32 bits per heavy atom. The van der Waals surface area contributed by atoms with Gasteiger partial charge >= 0.3 is 0 Å². The Bertz CT molecular complexity index is 731. The molecular weight excluding hydrogens is 332 g/mol. The van der Waals surface area contributed by atoms with Gasteiger partial charge in [-0.2, -0.15) is 19.6 Å². The van der Waals surface area contributed by atoms with Gasteiger partial charge in [0.25, 0.3) is 5.78 Å². The molecule has 0 aliphatic carbocycles. The monoisotopic (exact) mass is 338 g/mol. The summed E-state index contributed by atoms with van der Waals surface area (Å²) in [5.74, 6) is 0.915. The van der Waals surface area contributed by atoms with Crippen LogP contribution in [0.25, 0.3) is 5.78 Å². The minimum Gasteiger partial charge on any atom is -0.473 e. The first kappa shape index (κ1) is 12.4. The third-order valence-corrected chi connectivity index (χ3v) is 3.49. The van der Waals surface area contributed by atoms with Gasteiger partial charge in [0, 0.05) is 16.1 Å². The molecule has 5 nitrogen and oxygen atoms in total. The van der Waals surface area contributed by atoms with E-state index in [1.54, 1.807) is 6.07 Å². The summed E-state index contributed by atoms with van der Waals surface area (Å²) in [6, 6.07) is 9.45. The highest BCUT2D eigenvalue weighted by molar-refractivity contribution is 9.10. The Labute approximate surface area is 122 Å². The molecule has 0 N–H and O–H groups in total. The summed E-state index contributed by atoms with van der Waals surface area (Å²) in [6.07, 6.45) is 1.41. The van der Waals surface area contributed by atoms with Crippen molar-refractivity contribution in [1.82, 2.24) is 19.6 Å². The van der Waals surface area contributed by atoms with Gasteiger partial charge in [-0.15, -0.1) is 0 Å². The van der Waals surface area contributed by atoms with Crippen LogP contribution in [0.3, 0.4) is 0 Å². The molecule has 0 bridgehead atoms. The maximum atomic E-state index is 5.91. The smallest absolute Gasteiger partial charge is 0.256 e. The topological polar surface area (TPSA) is 52.3 Å². The van der Waals surface area contributed by atoms with Gasteiger partial charge in [0.1, 0.15) is 18.1 Å². The highest BCUT2D eigenvalue weighted by atomic mass is 79.9. The standard InChI is InChI=1S/C12H8BrClN4O/c13-9-4-2-1-3-8(9)6-19-11-5-10(14)17-12-15-7-16-18(11)12/h1-5,7H,6H2. The highest BCUT2D eigenvalue weighted by Crippen LogP contribution is 2.21. The lowest BCUT2D eigenvalue weighted by Crippen LogP contribution is -2.03. The molecule has 7 heteroatoms. The third kappa shape index (κ3) is 2.54. The quantitative estimate of drug-likeness (QED) is 0.688. The molecule has 0 amide bonds. The van der Waals surface area contributed by atoms with Gasteiger partial charge in [-0.1, -0.05) is 45.7 Å². The van der Waals surface area contributed by atoms with Gasteiger partial charge in [-0.3, -0.25) is 0 Å². The summed E-state index contributed by atoms with van der Waals surface area (Å²) in [5.41, 5.74) is 1.03. The lowest BCUT2D eigenvalue weighted by Gasteiger charge is -2.08. The Hall–Kier alpha value is -1.66. The molecule has 0 aliphatic rings. The highest BCUT2D eigenvalue weighted by Gasteiger charge is 2.08. The number of benzene rings is 1. The first-order valence-corrected chi connectivity index (χ1v) is 6.63. The van der Waals surface area contributed by atoms with Crippen LogP contribution in [-0.4, -0.2) is 19.6 Å². The maximum absolute atomic E-state index is 5.91. The van der Waals surface area contributed by atoms with Crippen LogP contribution in [0.2, 0.25) is 5.15 Å². The number of fused-ring (bicyclic) bond motifs is 1. The largest absolute Gasteiger partial charge is 0.473 e. The van der Waals surface area contributed by atoms with Gasteiger partial charge in [0.15, 0.2) is 0 Å². The van der Waals surface area contributed by atoms with E-state index in [2.05, 4.69) is 31.0 Å². The molecule has 0 atom stereocenters. The molecule has 0 fully saturated rings. The number of ether oxygens (including phenoxy) is 1. The number of aromatic nitrogens is 4. The van der Waals surface area contributed by atoms with Crippen molar-refractivity contribution in [3.8, 4) is 5.88 Å². The molecule has 0 radical (unpaired) electrons. The normalized spacial score (nSPS) is 10.8. The molecule has 1 aromatic carbocycles. The van der Waals surface area contributed by atoms with E-state index in [1.807, 2.05) is 24.3 Å².